The summed E-state index contributed by atoms with van der Waals surface area (Å²) in [5.41, 5.74) is 2.10. The second-order valence-electron chi connectivity index (χ2n) is 7.31. The lowest BCUT2D eigenvalue weighted by molar-refractivity contribution is -0.0212. The molecule has 1 aliphatic rings. The van der Waals surface area contributed by atoms with Crippen LogP contribution in [0.2, 0.25) is 0 Å². The Labute approximate surface area is 161 Å². The van der Waals surface area contributed by atoms with Crippen molar-refractivity contribution in [2.24, 2.45) is 0 Å². The van der Waals surface area contributed by atoms with Gasteiger partial charge in [0.15, 0.2) is 5.03 Å². The van der Waals surface area contributed by atoms with Crippen LogP contribution >= 0.6 is 0 Å². The first-order valence-corrected chi connectivity index (χ1v) is 10.8. The smallest absolute Gasteiger partial charge is 0.259 e. The molecule has 0 radical (unpaired) electrons. The largest absolute Gasteiger partial charge is 0.376 e. The summed E-state index contributed by atoms with van der Waals surface area (Å²) < 4.78 is 34.9. The number of rotatable bonds is 7. The van der Waals surface area contributed by atoms with Gasteiger partial charge in [-0.2, -0.15) is 0 Å². The van der Waals surface area contributed by atoms with Crippen LogP contribution in [0.25, 0.3) is 0 Å². The van der Waals surface area contributed by atoms with Gasteiger partial charge in [0.25, 0.3) is 10.0 Å². The fourth-order valence-corrected chi connectivity index (χ4v) is 4.07. The molecule has 148 valence electrons. The van der Waals surface area contributed by atoms with Gasteiger partial charge >= 0.3 is 0 Å². The minimum Gasteiger partial charge on any atom is -0.376 e. The third kappa shape index (κ3) is 5.38. The molecule has 27 heavy (non-hydrogen) atoms. The first kappa shape index (κ1) is 20.0. The van der Waals surface area contributed by atoms with E-state index in [0.29, 0.717) is 0 Å². The number of nitrogens with zero attached hydrogens (tertiary/aromatic N) is 3. The molecule has 0 aliphatic carbocycles. The van der Waals surface area contributed by atoms with E-state index in [-0.39, 0.29) is 23.7 Å². The third-order valence-electron chi connectivity index (χ3n) is 4.64. The number of imidazole rings is 1. The molecule has 0 spiro atoms. The Balaban J connectivity index is 1.62. The van der Waals surface area contributed by atoms with E-state index in [0.717, 1.165) is 31.8 Å². The van der Waals surface area contributed by atoms with Crippen LogP contribution in [0.3, 0.4) is 0 Å². The Morgan fingerprint density at radius 2 is 2.11 bits per heavy atom. The van der Waals surface area contributed by atoms with Crippen LogP contribution in [0, 0.1) is 0 Å². The number of hydrogen-bond donors (Lipinski definition) is 1. The first-order chi connectivity index (χ1) is 12.8. The van der Waals surface area contributed by atoms with Crippen molar-refractivity contribution in [1.82, 2.24) is 19.2 Å². The Bertz CT molecular complexity index is 863. The molecule has 1 aromatic carbocycles. The van der Waals surface area contributed by atoms with E-state index in [4.69, 9.17) is 4.74 Å². The molecule has 0 amide bonds. The predicted molar refractivity (Wildman–Crippen MR) is 104 cm³/mol. The molecule has 2 aromatic rings. The molecule has 8 heteroatoms. The normalized spacial score (nSPS) is 18.9. The van der Waals surface area contributed by atoms with Crippen molar-refractivity contribution in [3.63, 3.8) is 0 Å². The molecule has 1 atom stereocenters. The fourth-order valence-electron chi connectivity index (χ4n) is 3.12. The highest BCUT2D eigenvalue weighted by atomic mass is 32.2. The van der Waals surface area contributed by atoms with Gasteiger partial charge in [0.05, 0.1) is 19.0 Å². The van der Waals surface area contributed by atoms with Crippen LogP contribution in [0.4, 0.5) is 0 Å². The summed E-state index contributed by atoms with van der Waals surface area (Å²) in [4.78, 5) is 6.37. The SMILES string of the molecule is CC1CN(Cc2cccc(CNS(=O)(=O)c3cn(C(C)C)cn3)c2)CCO1. The highest BCUT2D eigenvalue weighted by Crippen LogP contribution is 2.14. The Kier molecular flexibility index (Phi) is 6.31. The van der Waals surface area contributed by atoms with E-state index >= 15 is 0 Å². The Morgan fingerprint density at radius 1 is 1.33 bits per heavy atom. The lowest BCUT2D eigenvalue weighted by atomic mass is 10.1. The van der Waals surface area contributed by atoms with E-state index in [2.05, 4.69) is 33.7 Å². The molecule has 0 saturated carbocycles. The second-order valence-corrected chi connectivity index (χ2v) is 9.03. The maximum atomic E-state index is 12.5. The fraction of sp³-hybridized carbons (Fsp3) is 0.526. The van der Waals surface area contributed by atoms with E-state index in [1.54, 1.807) is 17.1 Å². The van der Waals surface area contributed by atoms with Crippen LogP contribution in [0.1, 0.15) is 37.9 Å². The zero-order chi connectivity index (χ0) is 19.4. The summed E-state index contributed by atoms with van der Waals surface area (Å²) in [7, 11) is -3.63. The molecule has 1 aromatic heterocycles. The van der Waals surface area contributed by atoms with E-state index in [9.17, 15) is 8.42 Å². The molecular formula is C19H28N4O3S. The lowest BCUT2D eigenvalue weighted by Crippen LogP contribution is -2.40. The van der Waals surface area contributed by atoms with Gasteiger partial charge in [0.1, 0.15) is 0 Å². The molecule has 1 aliphatic heterocycles. The van der Waals surface area contributed by atoms with Gasteiger partial charge in [0, 0.05) is 38.4 Å². The number of aromatic nitrogens is 2. The van der Waals surface area contributed by atoms with Gasteiger partial charge in [-0.15, -0.1) is 0 Å². The third-order valence-corrected chi connectivity index (χ3v) is 5.92. The molecule has 3 rings (SSSR count). The van der Waals surface area contributed by atoms with Gasteiger partial charge < -0.3 is 9.30 Å². The lowest BCUT2D eigenvalue weighted by Gasteiger charge is -2.31. The molecule has 7 nitrogen and oxygen atoms in total. The van der Waals surface area contributed by atoms with Crippen LogP contribution in [-0.2, 0) is 27.8 Å². The topological polar surface area (TPSA) is 76.5 Å². The zero-order valence-corrected chi connectivity index (χ0v) is 16.9. The molecule has 2 heterocycles. The standard InChI is InChI=1S/C19H28N4O3S/c1-15(2)23-13-19(20-14-23)27(24,25)21-10-17-5-4-6-18(9-17)12-22-7-8-26-16(3)11-22/h4-6,9,13-16,21H,7-8,10-12H2,1-3H3. The molecule has 0 bridgehead atoms. The summed E-state index contributed by atoms with van der Waals surface area (Å²) in [5, 5.41) is 0.0506. The van der Waals surface area contributed by atoms with Crippen LogP contribution < -0.4 is 4.72 Å². The van der Waals surface area contributed by atoms with E-state index < -0.39 is 10.0 Å². The van der Waals surface area contributed by atoms with Gasteiger partial charge in [0.2, 0.25) is 0 Å². The van der Waals surface area contributed by atoms with Crippen molar-refractivity contribution in [1.29, 1.82) is 0 Å². The van der Waals surface area contributed by atoms with Crippen molar-refractivity contribution >= 4 is 10.0 Å². The van der Waals surface area contributed by atoms with Crippen molar-refractivity contribution in [2.75, 3.05) is 19.7 Å². The molecule has 1 N–H and O–H groups in total. The van der Waals surface area contributed by atoms with Crippen molar-refractivity contribution in [3.8, 4) is 0 Å². The first-order valence-electron chi connectivity index (χ1n) is 9.28. The minimum atomic E-state index is -3.63. The number of morpholine rings is 1. The van der Waals surface area contributed by atoms with Gasteiger partial charge in [-0.05, 0) is 31.9 Å². The van der Waals surface area contributed by atoms with Gasteiger partial charge in [-0.3, -0.25) is 4.90 Å². The van der Waals surface area contributed by atoms with Crippen molar-refractivity contribution in [3.05, 3.63) is 47.9 Å². The summed E-state index contributed by atoms with van der Waals surface area (Å²) in [5.74, 6) is 0. The number of ether oxygens (including phenoxy) is 1. The van der Waals surface area contributed by atoms with Crippen LogP contribution in [0.15, 0.2) is 41.8 Å². The Morgan fingerprint density at radius 3 is 2.81 bits per heavy atom. The summed E-state index contributed by atoms with van der Waals surface area (Å²) in [6.45, 7) is 9.70. The Hall–Kier alpha value is -1.74. The monoisotopic (exact) mass is 392 g/mol. The van der Waals surface area contributed by atoms with E-state index in [1.807, 2.05) is 26.0 Å². The number of hydrogen-bond acceptors (Lipinski definition) is 5. The average molecular weight is 393 g/mol. The average Bonchev–Trinajstić information content (AvgIpc) is 3.12. The van der Waals surface area contributed by atoms with Crippen molar-refractivity contribution < 1.29 is 13.2 Å². The summed E-state index contributed by atoms with van der Waals surface area (Å²) in [6, 6.07) is 8.19. The number of sulfonamides is 1. The maximum Gasteiger partial charge on any atom is 0.259 e. The number of benzene rings is 1. The zero-order valence-electron chi connectivity index (χ0n) is 16.1. The number of nitrogens with one attached hydrogen (secondary N) is 1. The quantitative estimate of drug-likeness (QED) is 0.781. The second kappa shape index (κ2) is 8.52. The van der Waals surface area contributed by atoms with Crippen LogP contribution in [-0.4, -0.2) is 48.7 Å². The van der Waals surface area contributed by atoms with Crippen molar-refractivity contribution in [2.45, 2.75) is 51.0 Å². The maximum absolute atomic E-state index is 12.5. The minimum absolute atomic E-state index is 0.0506. The summed E-state index contributed by atoms with van der Waals surface area (Å²) in [6.07, 6.45) is 3.35. The van der Waals surface area contributed by atoms with E-state index in [1.165, 1.54) is 5.56 Å². The van der Waals surface area contributed by atoms with Crippen LogP contribution in [0.5, 0.6) is 0 Å². The predicted octanol–water partition coefficient (Wildman–Crippen LogP) is 2.16. The van der Waals surface area contributed by atoms with Gasteiger partial charge in [-0.25, -0.2) is 18.1 Å². The highest BCUT2D eigenvalue weighted by molar-refractivity contribution is 7.89. The molecule has 1 fully saturated rings. The molecule has 1 unspecified atom stereocenters. The molecule has 1 saturated heterocycles. The highest BCUT2D eigenvalue weighted by Gasteiger charge is 2.19. The van der Waals surface area contributed by atoms with Gasteiger partial charge in [-0.1, -0.05) is 24.3 Å². The molecular weight excluding hydrogens is 364 g/mol. The summed E-state index contributed by atoms with van der Waals surface area (Å²) >= 11 is 0.